The third kappa shape index (κ3) is 2.18. The van der Waals surface area contributed by atoms with Crippen molar-refractivity contribution >= 4 is 5.78 Å². The van der Waals surface area contributed by atoms with Crippen LogP contribution in [0.4, 0.5) is 0 Å². The van der Waals surface area contributed by atoms with Crippen LogP contribution >= 0.6 is 0 Å². The van der Waals surface area contributed by atoms with Crippen LogP contribution in [0.3, 0.4) is 0 Å². The number of nitrogens with zero attached hydrogens (tertiary/aromatic N) is 6. The lowest BCUT2D eigenvalue weighted by Gasteiger charge is -2.01. The van der Waals surface area contributed by atoms with Crippen molar-refractivity contribution in [3.63, 3.8) is 0 Å². The van der Waals surface area contributed by atoms with Crippen molar-refractivity contribution in [2.24, 2.45) is 0 Å². The number of hydrogen-bond donors (Lipinski definition) is 2. The fourth-order valence-corrected chi connectivity index (χ4v) is 1.87. The van der Waals surface area contributed by atoms with E-state index in [1.54, 1.807) is 6.20 Å². The second kappa shape index (κ2) is 4.85. The van der Waals surface area contributed by atoms with E-state index in [9.17, 15) is 9.90 Å². The molecule has 0 aliphatic rings. The third-order valence-electron chi connectivity index (χ3n) is 2.93. The third-order valence-corrected chi connectivity index (χ3v) is 2.93. The fourth-order valence-electron chi connectivity index (χ4n) is 1.87. The van der Waals surface area contributed by atoms with Gasteiger partial charge in [-0.05, 0) is 6.42 Å². The van der Waals surface area contributed by atoms with E-state index in [1.165, 1.54) is 21.6 Å². The maximum atomic E-state index is 11.8. The van der Waals surface area contributed by atoms with Crippen LogP contribution in [0.5, 0.6) is 0 Å². The first-order valence-electron chi connectivity index (χ1n) is 6.17. The number of nitrogens with one attached hydrogen (secondary N) is 1. The van der Waals surface area contributed by atoms with Gasteiger partial charge < -0.3 is 5.11 Å². The number of fused-ring (bicyclic) bond motifs is 1. The van der Waals surface area contributed by atoms with E-state index in [0.717, 1.165) is 0 Å². The molecule has 0 bridgehead atoms. The number of aromatic nitrogens is 7. The molecular formula is C11H13N7O2. The molecule has 3 aromatic heterocycles. The average molecular weight is 275 g/mol. The van der Waals surface area contributed by atoms with Gasteiger partial charge in [-0.25, -0.2) is 14.6 Å². The summed E-state index contributed by atoms with van der Waals surface area (Å²) in [5.41, 5.74) is 0.797. The molecule has 2 N–H and O–H groups in total. The lowest BCUT2D eigenvalue weighted by atomic mass is 10.2. The Morgan fingerprint density at radius 2 is 2.35 bits per heavy atom. The van der Waals surface area contributed by atoms with Crippen molar-refractivity contribution < 1.29 is 5.11 Å². The van der Waals surface area contributed by atoms with Crippen molar-refractivity contribution in [2.45, 2.75) is 26.0 Å². The second-order valence-electron chi connectivity index (χ2n) is 4.37. The number of aliphatic hydroxyl groups is 1. The zero-order valence-corrected chi connectivity index (χ0v) is 10.8. The summed E-state index contributed by atoms with van der Waals surface area (Å²) in [5, 5.41) is 20.1. The Labute approximate surface area is 112 Å². The molecule has 0 saturated carbocycles. The highest BCUT2D eigenvalue weighted by molar-refractivity contribution is 5.26. The Bertz CT molecular complexity index is 787. The predicted molar refractivity (Wildman–Crippen MR) is 68.0 cm³/mol. The fraction of sp³-hybridized carbons (Fsp3) is 0.364. The van der Waals surface area contributed by atoms with E-state index in [4.69, 9.17) is 0 Å². The van der Waals surface area contributed by atoms with Gasteiger partial charge in [-0.15, -0.1) is 5.10 Å². The van der Waals surface area contributed by atoms with Gasteiger partial charge in [0.2, 0.25) is 0 Å². The normalized spacial score (nSPS) is 12.9. The standard InChI is InChI=1S/C11H13N7O2/c1-2-9(19)8-5-17(16-15-8)4-7-3-10(20)18-11(14-7)12-6-13-18/h3,5-6,9,19H,2,4H2,1H3,(H,12,13,14). The highest BCUT2D eigenvalue weighted by atomic mass is 16.3. The molecule has 0 radical (unpaired) electrons. The molecule has 0 aliphatic heterocycles. The van der Waals surface area contributed by atoms with Crippen LogP contribution in [0.15, 0.2) is 23.4 Å². The highest BCUT2D eigenvalue weighted by Crippen LogP contribution is 2.12. The molecule has 104 valence electrons. The molecule has 0 aliphatic carbocycles. The van der Waals surface area contributed by atoms with Gasteiger partial charge in [0, 0.05) is 6.07 Å². The zero-order valence-electron chi connectivity index (χ0n) is 10.8. The second-order valence-corrected chi connectivity index (χ2v) is 4.37. The first kappa shape index (κ1) is 12.5. The molecule has 0 fully saturated rings. The molecule has 0 amide bonds. The van der Waals surface area contributed by atoms with Crippen LogP contribution in [0, 0.1) is 0 Å². The number of hydrogen-bond acceptors (Lipinski definition) is 6. The van der Waals surface area contributed by atoms with Gasteiger partial charge in [0.25, 0.3) is 11.3 Å². The van der Waals surface area contributed by atoms with E-state index < -0.39 is 6.10 Å². The summed E-state index contributed by atoms with van der Waals surface area (Å²) >= 11 is 0. The molecule has 0 aromatic carbocycles. The molecule has 9 heteroatoms. The Morgan fingerprint density at radius 3 is 3.15 bits per heavy atom. The maximum absolute atomic E-state index is 11.8. The Kier molecular flexibility index (Phi) is 3.03. The molecule has 0 saturated heterocycles. The Morgan fingerprint density at radius 1 is 1.50 bits per heavy atom. The molecule has 1 unspecified atom stereocenters. The van der Waals surface area contributed by atoms with E-state index in [-0.39, 0.29) is 5.56 Å². The van der Waals surface area contributed by atoms with E-state index in [2.05, 4.69) is 25.4 Å². The van der Waals surface area contributed by atoms with Crippen LogP contribution in [-0.2, 0) is 6.54 Å². The van der Waals surface area contributed by atoms with Gasteiger partial charge in [-0.3, -0.25) is 9.89 Å². The van der Waals surface area contributed by atoms with Crippen LogP contribution in [0.2, 0.25) is 0 Å². The molecule has 1 atom stereocenters. The minimum atomic E-state index is -0.629. The molecule has 9 nitrogen and oxygen atoms in total. The smallest absolute Gasteiger partial charge is 0.274 e. The molecule has 3 rings (SSSR count). The Balaban J connectivity index is 1.89. The van der Waals surface area contributed by atoms with Crippen LogP contribution < -0.4 is 5.56 Å². The number of H-pyrrole nitrogens is 1. The molecule has 20 heavy (non-hydrogen) atoms. The summed E-state index contributed by atoms with van der Waals surface area (Å²) in [5.74, 6) is 0.307. The minimum absolute atomic E-state index is 0.239. The summed E-state index contributed by atoms with van der Waals surface area (Å²) in [7, 11) is 0. The number of aliphatic hydroxyl groups excluding tert-OH is 1. The van der Waals surface area contributed by atoms with E-state index in [1.807, 2.05) is 6.92 Å². The topological polar surface area (TPSA) is 114 Å². The zero-order chi connectivity index (χ0) is 14.1. The Hall–Kier alpha value is -2.55. The largest absolute Gasteiger partial charge is 0.387 e. The average Bonchev–Trinajstić information content (AvgIpc) is 3.07. The van der Waals surface area contributed by atoms with Crippen LogP contribution in [0.25, 0.3) is 5.78 Å². The molecular weight excluding hydrogens is 262 g/mol. The first-order valence-corrected chi connectivity index (χ1v) is 6.17. The predicted octanol–water partition coefficient (Wildman–Crippen LogP) is -0.499. The molecule has 3 heterocycles. The number of aromatic amines is 1. The summed E-state index contributed by atoms with van der Waals surface area (Å²) in [6.45, 7) is 2.15. The summed E-state index contributed by atoms with van der Waals surface area (Å²) < 4.78 is 2.77. The number of rotatable bonds is 4. The first-order chi connectivity index (χ1) is 9.67. The van der Waals surface area contributed by atoms with Crippen molar-refractivity contribution in [2.75, 3.05) is 0 Å². The summed E-state index contributed by atoms with van der Waals surface area (Å²) in [6.07, 6.45) is 2.98. The van der Waals surface area contributed by atoms with Gasteiger partial charge in [-0.2, -0.15) is 4.52 Å². The molecule has 0 spiro atoms. The monoisotopic (exact) mass is 275 g/mol. The van der Waals surface area contributed by atoms with Crippen LogP contribution in [0.1, 0.15) is 30.8 Å². The van der Waals surface area contributed by atoms with Crippen molar-refractivity contribution in [3.8, 4) is 0 Å². The van der Waals surface area contributed by atoms with Crippen molar-refractivity contribution in [1.82, 2.24) is 34.6 Å². The van der Waals surface area contributed by atoms with Crippen molar-refractivity contribution in [1.29, 1.82) is 0 Å². The van der Waals surface area contributed by atoms with E-state index in [0.29, 0.717) is 30.1 Å². The van der Waals surface area contributed by atoms with Gasteiger partial charge in [0.15, 0.2) is 0 Å². The van der Waals surface area contributed by atoms with Gasteiger partial charge >= 0.3 is 0 Å². The van der Waals surface area contributed by atoms with Gasteiger partial charge in [0.1, 0.15) is 12.0 Å². The summed E-state index contributed by atoms with van der Waals surface area (Å²) in [6, 6.07) is 1.41. The maximum Gasteiger partial charge on any atom is 0.274 e. The lowest BCUT2D eigenvalue weighted by molar-refractivity contribution is 0.168. The van der Waals surface area contributed by atoms with Gasteiger partial charge in [0.05, 0.1) is 24.5 Å². The summed E-state index contributed by atoms with van der Waals surface area (Å²) in [4.78, 5) is 20.0. The highest BCUT2D eigenvalue weighted by Gasteiger charge is 2.11. The minimum Gasteiger partial charge on any atom is -0.387 e. The SMILES string of the molecule is CCC(O)c1cn(Cc2cc(=O)n3[nH]cnc3n2)nn1. The molecule has 3 aromatic rings. The quantitative estimate of drug-likeness (QED) is 0.663. The van der Waals surface area contributed by atoms with Crippen molar-refractivity contribution in [3.05, 3.63) is 40.3 Å². The van der Waals surface area contributed by atoms with Gasteiger partial charge in [-0.1, -0.05) is 12.1 Å². The van der Waals surface area contributed by atoms with Crippen LogP contribution in [-0.4, -0.2) is 39.7 Å². The lowest BCUT2D eigenvalue weighted by Crippen LogP contribution is -2.17. The van der Waals surface area contributed by atoms with E-state index >= 15 is 0 Å².